The third kappa shape index (κ3) is 2.34. The molecular formula is C10H9NO5S. The first-order valence-electron chi connectivity index (χ1n) is 4.80. The first-order chi connectivity index (χ1) is 8.09. The molecule has 1 fully saturated rings. The Bertz CT molecular complexity index is 465. The number of hydrogen-bond donors (Lipinski definition) is 1. The molecule has 0 aromatic carbocycles. The van der Waals surface area contributed by atoms with E-state index < -0.39 is 17.8 Å². The van der Waals surface area contributed by atoms with Gasteiger partial charge in [-0.25, -0.2) is 4.79 Å². The summed E-state index contributed by atoms with van der Waals surface area (Å²) in [6.07, 6.45) is 0. The third-order valence-corrected chi connectivity index (χ3v) is 3.27. The van der Waals surface area contributed by atoms with Gasteiger partial charge >= 0.3 is 5.97 Å². The zero-order valence-electron chi connectivity index (χ0n) is 8.71. The highest BCUT2D eigenvalue weighted by Gasteiger charge is 2.28. The second-order valence-electron chi connectivity index (χ2n) is 3.45. The van der Waals surface area contributed by atoms with E-state index in [1.165, 1.54) is 0 Å². The predicted molar refractivity (Wildman–Crippen MR) is 57.7 cm³/mol. The van der Waals surface area contributed by atoms with Crippen LogP contribution >= 0.6 is 11.3 Å². The maximum atomic E-state index is 11.4. The molecule has 90 valence electrons. The van der Waals surface area contributed by atoms with Gasteiger partial charge in [-0.15, -0.1) is 11.3 Å². The van der Waals surface area contributed by atoms with Crippen molar-refractivity contribution in [1.82, 2.24) is 4.90 Å². The molecule has 6 nitrogen and oxygen atoms in total. The monoisotopic (exact) mass is 255 g/mol. The summed E-state index contributed by atoms with van der Waals surface area (Å²) < 4.78 is 4.77. The molecule has 1 aromatic rings. The van der Waals surface area contributed by atoms with Crippen LogP contribution in [0.4, 0.5) is 0 Å². The van der Waals surface area contributed by atoms with Crippen LogP contribution in [-0.4, -0.2) is 41.0 Å². The molecule has 0 spiro atoms. The highest BCUT2D eigenvalue weighted by molar-refractivity contribution is 7.12. The van der Waals surface area contributed by atoms with Crippen LogP contribution in [0.1, 0.15) is 15.2 Å². The van der Waals surface area contributed by atoms with Crippen molar-refractivity contribution in [2.75, 3.05) is 13.2 Å². The molecule has 0 radical (unpaired) electrons. The van der Waals surface area contributed by atoms with E-state index in [0.29, 0.717) is 5.56 Å². The molecule has 0 saturated carbocycles. The molecule has 0 unspecified atom stereocenters. The zero-order valence-corrected chi connectivity index (χ0v) is 9.53. The van der Waals surface area contributed by atoms with Gasteiger partial charge in [-0.3, -0.25) is 14.5 Å². The highest BCUT2D eigenvalue weighted by atomic mass is 32.1. The summed E-state index contributed by atoms with van der Waals surface area (Å²) in [6, 6.07) is 1.60. The number of carbonyl (C=O) groups excluding carboxylic acids is 2. The second-order valence-corrected chi connectivity index (χ2v) is 4.36. The molecule has 2 heterocycles. The Morgan fingerprint density at radius 3 is 2.65 bits per heavy atom. The number of amides is 2. The van der Waals surface area contributed by atoms with E-state index in [2.05, 4.69) is 0 Å². The van der Waals surface area contributed by atoms with E-state index >= 15 is 0 Å². The maximum absolute atomic E-state index is 11.4. The summed E-state index contributed by atoms with van der Waals surface area (Å²) >= 11 is 1.07. The lowest BCUT2D eigenvalue weighted by Gasteiger charge is -2.24. The Hall–Kier alpha value is -1.73. The van der Waals surface area contributed by atoms with Crippen molar-refractivity contribution >= 4 is 29.1 Å². The molecule has 0 aliphatic carbocycles. The normalized spacial score (nSPS) is 16.4. The molecule has 7 heteroatoms. The van der Waals surface area contributed by atoms with Gasteiger partial charge in [0, 0.05) is 0 Å². The van der Waals surface area contributed by atoms with Gasteiger partial charge in [0.15, 0.2) is 0 Å². The molecule has 1 aliphatic rings. The van der Waals surface area contributed by atoms with Gasteiger partial charge in [0.25, 0.3) is 11.8 Å². The third-order valence-electron chi connectivity index (χ3n) is 2.32. The summed E-state index contributed by atoms with van der Waals surface area (Å²) in [7, 11) is 0. The van der Waals surface area contributed by atoms with Gasteiger partial charge in [-0.05, 0) is 17.0 Å². The Balaban J connectivity index is 2.19. The summed E-state index contributed by atoms with van der Waals surface area (Å²) in [5.41, 5.74) is 0.464. The van der Waals surface area contributed by atoms with E-state index in [9.17, 15) is 14.4 Å². The van der Waals surface area contributed by atoms with Crippen molar-refractivity contribution in [2.24, 2.45) is 0 Å². The van der Waals surface area contributed by atoms with Crippen molar-refractivity contribution in [3.8, 4) is 0 Å². The number of morpholine rings is 1. The number of hydrogen-bond acceptors (Lipinski definition) is 5. The van der Waals surface area contributed by atoms with E-state index in [4.69, 9.17) is 9.84 Å². The predicted octanol–water partition coefficient (Wildman–Crippen LogP) is 0.332. The topological polar surface area (TPSA) is 83.9 Å². The van der Waals surface area contributed by atoms with Gasteiger partial charge in [0.05, 0.1) is 6.54 Å². The number of carboxylic acid groups (broad SMARTS) is 1. The molecular weight excluding hydrogens is 246 g/mol. The van der Waals surface area contributed by atoms with E-state index in [1.807, 2.05) is 0 Å². The minimum Gasteiger partial charge on any atom is -0.477 e. The Morgan fingerprint density at radius 2 is 2.06 bits per heavy atom. The van der Waals surface area contributed by atoms with Crippen molar-refractivity contribution in [1.29, 1.82) is 0 Å². The Kier molecular flexibility index (Phi) is 3.21. The van der Waals surface area contributed by atoms with E-state index in [1.54, 1.807) is 11.4 Å². The average molecular weight is 255 g/mol. The SMILES string of the molecule is O=C(O)c1sccc1CN1C(=O)COCC1=O. The Morgan fingerprint density at radius 1 is 1.41 bits per heavy atom. The van der Waals surface area contributed by atoms with Crippen LogP contribution in [0.3, 0.4) is 0 Å². The van der Waals surface area contributed by atoms with E-state index in [-0.39, 0.29) is 24.6 Å². The van der Waals surface area contributed by atoms with Gasteiger partial charge < -0.3 is 9.84 Å². The van der Waals surface area contributed by atoms with Crippen LogP contribution in [-0.2, 0) is 20.9 Å². The molecule has 1 aliphatic heterocycles. The summed E-state index contributed by atoms with van der Waals surface area (Å²) in [6.45, 7) is -0.289. The first-order valence-corrected chi connectivity index (χ1v) is 5.68. The number of carboxylic acids is 1. The fraction of sp³-hybridized carbons (Fsp3) is 0.300. The number of aromatic carboxylic acids is 1. The fourth-order valence-electron chi connectivity index (χ4n) is 1.52. The number of imide groups is 1. The molecule has 0 bridgehead atoms. The fourth-order valence-corrected chi connectivity index (χ4v) is 2.27. The minimum absolute atomic E-state index is 0.00778. The lowest BCUT2D eigenvalue weighted by atomic mass is 10.2. The average Bonchev–Trinajstić information content (AvgIpc) is 2.72. The van der Waals surface area contributed by atoms with Gasteiger partial charge in [0.1, 0.15) is 18.1 Å². The lowest BCUT2D eigenvalue weighted by molar-refractivity contribution is -0.159. The molecule has 1 saturated heterocycles. The second kappa shape index (κ2) is 4.64. The van der Waals surface area contributed by atoms with Crippen LogP contribution < -0.4 is 0 Å². The molecule has 2 rings (SSSR count). The van der Waals surface area contributed by atoms with Crippen LogP contribution in [0.15, 0.2) is 11.4 Å². The smallest absolute Gasteiger partial charge is 0.346 e. The van der Waals surface area contributed by atoms with Crippen molar-refractivity contribution in [2.45, 2.75) is 6.54 Å². The van der Waals surface area contributed by atoms with Crippen LogP contribution in [0.25, 0.3) is 0 Å². The largest absolute Gasteiger partial charge is 0.477 e. The Labute approximate surface area is 100 Å². The summed E-state index contributed by atoms with van der Waals surface area (Å²) in [5.74, 6) is -1.93. The van der Waals surface area contributed by atoms with Crippen LogP contribution in [0, 0.1) is 0 Å². The number of ether oxygens (including phenoxy) is 1. The molecule has 0 atom stereocenters. The number of rotatable bonds is 3. The molecule has 1 aromatic heterocycles. The molecule has 17 heavy (non-hydrogen) atoms. The zero-order chi connectivity index (χ0) is 12.4. The standard InChI is InChI=1S/C10H9NO5S/c12-7-4-16-5-8(13)11(7)3-6-1-2-17-9(6)10(14)15/h1-2H,3-5H2,(H,14,15). The number of carbonyl (C=O) groups is 3. The first kappa shape index (κ1) is 11.7. The van der Waals surface area contributed by atoms with Gasteiger partial charge in [-0.1, -0.05) is 0 Å². The highest BCUT2D eigenvalue weighted by Crippen LogP contribution is 2.19. The summed E-state index contributed by atoms with van der Waals surface area (Å²) in [5, 5.41) is 10.5. The molecule has 1 N–H and O–H groups in total. The number of nitrogens with zero attached hydrogens (tertiary/aromatic N) is 1. The van der Waals surface area contributed by atoms with Crippen LogP contribution in [0.5, 0.6) is 0 Å². The maximum Gasteiger partial charge on any atom is 0.346 e. The van der Waals surface area contributed by atoms with Gasteiger partial charge in [0.2, 0.25) is 0 Å². The van der Waals surface area contributed by atoms with Crippen molar-refractivity contribution < 1.29 is 24.2 Å². The quantitative estimate of drug-likeness (QED) is 0.787. The minimum atomic E-state index is -1.05. The summed E-state index contributed by atoms with van der Waals surface area (Å²) in [4.78, 5) is 35.0. The van der Waals surface area contributed by atoms with E-state index in [0.717, 1.165) is 16.2 Å². The van der Waals surface area contributed by atoms with Crippen molar-refractivity contribution in [3.63, 3.8) is 0 Å². The van der Waals surface area contributed by atoms with Crippen molar-refractivity contribution in [3.05, 3.63) is 21.9 Å². The number of thiophene rings is 1. The van der Waals surface area contributed by atoms with Gasteiger partial charge in [-0.2, -0.15) is 0 Å². The molecule has 2 amide bonds. The van der Waals surface area contributed by atoms with Crippen LogP contribution in [0.2, 0.25) is 0 Å². The lowest BCUT2D eigenvalue weighted by Crippen LogP contribution is -2.45.